The van der Waals surface area contributed by atoms with Crippen LogP contribution in [0.2, 0.25) is 5.02 Å². The molecule has 0 unspecified atom stereocenters. The first kappa shape index (κ1) is 19.2. The topological polar surface area (TPSA) is 61.8 Å². The highest BCUT2D eigenvalue weighted by Gasteiger charge is 2.20. The zero-order chi connectivity index (χ0) is 20.5. The largest absolute Gasteiger partial charge is 0.337 e. The number of halogens is 1. The van der Waals surface area contributed by atoms with Crippen LogP contribution in [0.15, 0.2) is 70.5 Å². The fourth-order valence-corrected chi connectivity index (χ4v) is 3.57. The van der Waals surface area contributed by atoms with Crippen molar-refractivity contribution in [2.45, 2.75) is 32.9 Å². The number of aromatic nitrogens is 4. The zero-order valence-corrected chi connectivity index (χ0v) is 17.0. The summed E-state index contributed by atoms with van der Waals surface area (Å²) in [6.07, 6.45) is 2.20. The van der Waals surface area contributed by atoms with E-state index in [9.17, 15) is 9.59 Å². The summed E-state index contributed by atoms with van der Waals surface area (Å²) < 4.78 is 4.59. The van der Waals surface area contributed by atoms with Crippen molar-refractivity contribution in [1.82, 2.24) is 18.7 Å². The van der Waals surface area contributed by atoms with E-state index < -0.39 is 5.69 Å². The van der Waals surface area contributed by atoms with Crippen molar-refractivity contribution >= 4 is 22.8 Å². The van der Waals surface area contributed by atoms with E-state index in [4.69, 9.17) is 11.6 Å². The lowest BCUT2D eigenvalue weighted by Gasteiger charge is -2.14. The molecule has 2 aromatic carbocycles. The molecule has 0 aliphatic rings. The minimum Gasteiger partial charge on any atom is -0.322 e. The van der Waals surface area contributed by atoms with E-state index in [1.807, 2.05) is 48.7 Å². The van der Waals surface area contributed by atoms with Gasteiger partial charge in [0.1, 0.15) is 0 Å². The monoisotopic (exact) mass is 408 g/mol. The summed E-state index contributed by atoms with van der Waals surface area (Å²) in [6, 6.07) is 16.8. The van der Waals surface area contributed by atoms with Gasteiger partial charge in [0.15, 0.2) is 11.2 Å². The number of aryl methyl sites for hydroxylation is 1. The van der Waals surface area contributed by atoms with E-state index in [0.29, 0.717) is 28.3 Å². The Balaban J connectivity index is 1.95. The molecule has 4 rings (SSSR count). The Hall–Kier alpha value is -3.12. The predicted octanol–water partition coefficient (Wildman–Crippen LogP) is 3.83. The van der Waals surface area contributed by atoms with Gasteiger partial charge in [-0.25, -0.2) is 14.3 Å². The maximum absolute atomic E-state index is 13.3. The first-order valence-electron chi connectivity index (χ1n) is 9.49. The van der Waals surface area contributed by atoms with E-state index >= 15 is 0 Å². The number of hydrogen-bond donors (Lipinski definition) is 0. The number of hydrogen-bond acceptors (Lipinski definition) is 3. The van der Waals surface area contributed by atoms with Crippen LogP contribution < -0.4 is 11.2 Å². The fraction of sp³-hybridized carbons (Fsp3) is 0.227. The molecule has 0 saturated carbocycles. The maximum Gasteiger partial charge on any atom is 0.337 e. The third-order valence-electron chi connectivity index (χ3n) is 4.96. The average molecular weight is 409 g/mol. The van der Waals surface area contributed by atoms with Crippen molar-refractivity contribution in [3.8, 4) is 5.69 Å². The molecule has 0 aliphatic carbocycles. The average Bonchev–Trinajstić information content (AvgIpc) is 3.15. The standard InChI is InChI=1S/C22H21ClN4O2/c1-15(2)26-14-24-20-19(26)21(28)25(13-12-16-6-4-3-5-7-16)22(29)27(20)18-10-8-17(23)9-11-18/h3-11,14-15H,12-13H2,1-2H3. The lowest BCUT2D eigenvalue weighted by atomic mass is 10.1. The number of imidazole rings is 1. The fourth-order valence-electron chi connectivity index (χ4n) is 3.44. The van der Waals surface area contributed by atoms with Crippen LogP contribution in [0.25, 0.3) is 16.9 Å². The first-order valence-corrected chi connectivity index (χ1v) is 9.87. The van der Waals surface area contributed by atoms with Crippen molar-refractivity contribution in [2.75, 3.05) is 0 Å². The van der Waals surface area contributed by atoms with Crippen molar-refractivity contribution in [3.05, 3.63) is 92.3 Å². The molecule has 0 amide bonds. The third kappa shape index (κ3) is 3.51. The number of nitrogens with zero attached hydrogens (tertiary/aromatic N) is 4. The molecular weight excluding hydrogens is 388 g/mol. The molecule has 4 aromatic rings. The van der Waals surface area contributed by atoms with Crippen molar-refractivity contribution < 1.29 is 0 Å². The molecule has 2 aromatic heterocycles. The molecule has 7 heteroatoms. The molecule has 0 aliphatic heterocycles. The molecule has 29 heavy (non-hydrogen) atoms. The summed E-state index contributed by atoms with van der Waals surface area (Å²) in [6.45, 7) is 4.24. The Morgan fingerprint density at radius 2 is 1.69 bits per heavy atom. The molecule has 0 atom stereocenters. The Morgan fingerprint density at radius 1 is 1.00 bits per heavy atom. The Morgan fingerprint density at radius 3 is 2.34 bits per heavy atom. The van der Waals surface area contributed by atoms with Crippen molar-refractivity contribution in [3.63, 3.8) is 0 Å². The van der Waals surface area contributed by atoms with E-state index in [0.717, 1.165) is 5.56 Å². The first-order chi connectivity index (χ1) is 14.0. The second-order valence-electron chi connectivity index (χ2n) is 7.20. The number of rotatable bonds is 5. The van der Waals surface area contributed by atoms with E-state index in [1.54, 1.807) is 30.6 Å². The minimum atomic E-state index is -0.408. The van der Waals surface area contributed by atoms with Crippen molar-refractivity contribution in [2.24, 2.45) is 0 Å². The molecule has 6 nitrogen and oxygen atoms in total. The highest BCUT2D eigenvalue weighted by Crippen LogP contribution is 2.18. The quantitative estimate of drug-likeness (QED) is 0.504. The van der Waals surface area contributed by atoms with Crippen LogP contribution in [0.1, 0.15) is 25.5 Å². The van der Waals surface area contributed by atoms with Gasteiger partial charge >= 0.3 is 5.69 Å². The Kier molecular flexibility index (Phi) is 5.11. The van der Waals surface area contributed by atoms with Gasteiger partial charge in [0.25, 0.3) is 5.56 Å². The summed E-state index contributed by atoms with van der Waals surface area (Å²) >= 11 is 6.01. The Bertz CT molecular complexity index is 1270. The summed E-state index contributed by atoms with van der Waals surface area (Å²) in [5.74, 6) is 0. The van der Waals surface area contributed by atoms with Crippen LogP contribution in [-0.4, -0.2) is 18.7 Å². The Labute approximate surface area is 172 Å². The lowest BCUT2D eigenvalue weighted by molar-refractivity contribution is 0.593. The van der Waals surface area contributed by atoms with Gasteiger partial charge in [-0.05, 0) is 50.1 Å². The van der Waals surface area contributed by atoms with Crippen LogP contribution in [-0.2, 0) is 13.0 Å². The normalized spacial score (nSPS) is 11.4. The molecular formula is C22H21ClN4O2. The molecule has 0 bridgehead atoms. The van der Waals surface area contributed by atoms with Gasteiger partial charge in [0, 0.05) is 17.6 Å². The summed E-state index contributed by atoms with van der Waals surface area (Å²) in [5.41, 5.74) is 1.72. The highest BCUT2D eigenvalue weighted by atomic mass is 35.5. The van der Waals surface area contributed by atoms with Gasteiger partial charge in [-0.3, -0.25) is 9.36 Å². The van der Waals surface area contributed by atoms with E-state index in [1.165, 1.54) is 9.13 Å². The molecule has 148 valence electrons. The summed E-state index contributed by atoms with van der Waals surface area (Å²) in [5, 5.41) is 0.572. The van der Waals surface area contributed by atoms with Crippen LogP contribution >= 0.6 is 11.6 Å². The van der Waals surface area contributed by atoms with Crippen molar-refractivity contribution in [1.29, 1.82) is 0 Å². The summed E-state index contributed by atoms with van der Waals surface area (Å²) in [7, 11) is 0. The molecule has 0 N–H and O–H groups in total. The van der Waals surface area contributed by atoms with Crippen LogP contribution in [0, 0.1) is 0 Å². The van der Waals surface area contributed by atoms with E-state index in [-0.39, 0.29) is 18.1 Å². The predicted molar refractivity (Wildman–Crippen MR) is 115 cm³/mol. The van der Waals surface area contributed by atoms with Crippen LogP contribution in [0.4, 0.5) is 0 Å². The van der Waals surface area contributed by atoms with E-state index in [2.05, 4.69) is 4.98 Å². The van der Waals surface area contributed by atoms with Gasteiger partial charge in [-0.2, -0.15) is 0 Å². The smallest absolute Gasteiger partial charge is 0.322 e. The summed E-state index contributed by atoms with van der Waals surface area (Å²) in [4.78, 5) is 31.0. The van der Waals surface area contributed by atoms with Crippen LogP contribution in [0.3, 0.4) is 0 Å². The molecule has 0 spiro atoms. The number of benzene rings is 2. The molecule has 0 fully saturated rings. The second-order valence-corrected chi connectivity index (χ2v) is 7.64. The zero-order valence-electron chi connectivity index (χ0n) is 16.2. The number of fused-ring (bicyclic) bond motifs is 1. The maximum atomic E-state index is 13.3. The lowest BCUT2D eigenvalue weighted by Crippen LogP contribution is -2.40. The van der Waals surface area contributed by atoms with Gasteiger partial charge in [0.05, 0.1) is 12.0 Å². The SMILES string of the molecule is CC(C)n1cnc2c1c(=O)n(CCc1ccccc1)c(=O)n2-c1ccc(Cl)cc1. The molecule has 0 radical (unpaired) electrons. The van der Waals surface area contributed by atoms with Crippen LogP contribution in [0.5, 0.6) is 0 Å². The van der Waals surface area contributed by atoms with Gasteiger partial charge in [-0.1, -0.05) is 41.9 Å². The molecule has 0 saturated heterocycles. The third-order valence-corrected chi connectivity index (χ3v) is 5.22. The molecule has 2 heterocycles. The second kappa shape index (κ2) is 7.72. The van der Waals surface area contributed by atoms with Gasteiger partial charge in [-0.15, -0.1) is 0 Å². The van der Waals surface area contributed by atoms with Gasteiger partial charge < -0.3 is 4.57 Å². The minimum absolute atomic E-state index is 0.0337. The van der Waals surface area contributed by atoms with Gasteiger partial charge in [0.2, 0.25) is 0 Å². The highest BCUT2D eigenvalue weighted by molar-refractivity contribution is 6.30.